The van der Waals surface area contributed by atoms with Crippen LogP contribution in [0.5, 0.6) is 11.6 Å². The smallest absolute Gasteiger partial charge is 0.227 e. The lowest BCUT2D eigenvalue weighted by atomic mass is 10.2. The third-order valence-corrected chi connectivity index (χ3v) is 3.37. The predicted molar refractivity (Wildman–Crippen MR) is 75.4 cm³/mol. The third-order valence-electron chi connectivity index (χ3n) is 2.55. The third kappa shape index (κ3) is 2.82. The molecule has 1 heterocycles. The van der Waals surface area contributed by atoms with Gasteiger partial charge in [0, 0.05) is 4.47 Å². The van der Waals surface area contributed by atoms with Crippen molar-refractivity contribution in [3.05, 3.63) is 45.3 Å². The monoisotopic (exact) mass is 326 g/mol. The molecule has 2 aromatic rings. The van der Waals surface area contributed by atoms with Crippen molar-refractivity contribution in [1.29, 1.82) is 0 Å². The fourth-order valence-electron chi connectivity index (χ4n) is 1.59. The fraction of sp³-hybridized carbons (Fsp3) is 0.231. The molecule has 0 aliphatic carbocycles. The summed E-state index contributed by atoms with van der Waals surface area (Å²) in [6.07, 6.45) is 2.13. The number of halogens is 2. The zero-order valence-corrected chi connectivity index (χ0v) is 12.4. The van der Waals surface area contributed by atoms with E-state index in [2.05, 4.69) is 25.9 Å². The van der Waals surface area contributed by atoms with Gasteiger partial charge in [-0.05, 0) is 37.1 Å². The number of hydrogen-bond acceptors (Lipinski definition) is 3. The van der Waals surface area contributed by atoms with Crippen molar-refractivity contribution in [2.75, 3.05) is 0 Å². The van der Waals surface area contributed by atoms with Crippen molar-refractivity contribution in [1.82, 2.24) is 9.97 Å². The summed E-state index contributed by atoms with van der Waals surface area (Å²) in [6, 6.07) is 5.81. The van der Waals surface area contributed by atoms with E-state index in [1.165, 1.54) is 6.33 Å². The van der Waals surface area contributed by atoms with Crippen LogP contribution >= 0.6 is 27.5 Å². The molecule has 3 nitrogen and oxygen atoms in total. The maximum atomic E-state index is 6.02. The quantitative estimate of drug-likeness (QED) is 0.775. The Morgan fingerprint density at radius 2 is 2.11 bits per heavy atom. The van der Waals surface area contributed by atoms with E-state index in [1.807, 2.05) is 32.0 Å². The van der Waals surface area contributed by atoms with E-state index in [0.717, 1.165) is 27.8 Å². The standard InChI is InChI=1S/C13H12BrClN2O/c1-3-10-12(15)16-7-17-13(10)18-11-5-4-9(14)6-8(11)2/h4-7H,3H2,1-2H3. The molecule has 0 bridgehead atoms. The SMILES string of the molecule is CCc1c(Cl)ncnc1Oc1ccc(Br)cc1C. The van der Waals surface area contributed by atoms with Crippen LogP contribution in [0.4, 0.5) is 0 Å². The van der Waals surface area contributed by atoms with Gasteiger partial charge >= 0.3 is 0 Å². The van der Waals surface area contributed by atoms with Crippen LogP contribution in [0.1, 0.15) is 18.1 Å². The zero-order chi connectivity index (χ0) is 13.1. The first kappa shape index (κ1) is 13.3. The molecule has 0 spiro atoms. The minimum absolute atomic E-state index is 0.442. The number of aromatic nitrogens is 2. The Kier molecular flexibility index (Phi) is 4.19. The average molecular weight is 328 g/mol. The second-order valence-corrected chi connectivity index (χ2v) is 5.09. The molecule has 0 unspecified atom stereocenters. The molecule has 0 radical (unpaired) electrons. The lowest BCUT2D eigenvalue weighted by molar-refractivity contribution is 0.451. The Hall–Kier alpha value is -1.13. The fourth-order valence-corrected chi connectivity index (χ4v) is 2.33. The number of nitrogens with zero attached hydrogens (tertiary/aromatic N) is 2. The van der Waals surface area contributed by atoms with Gasteiger partial charge in [-0.15, -0.1) is 0 Å². The van der Waals surface area contributed by atoms with Crippen LogP contribution in [0.2, 0.25) is 5.15 Å². The van der Waals surface area contributed by atoms with Gasteiger partial charge in [0.05, 0.1) is 5.56 Å². The number of ether oxygens (including phenoxy) is 1. The van der Waals surface area contributed by atoms with Gasteiger partial charge in [0.2, 0.25) is 5.88 Å². The summed E-state index contributed by atoms with van der Waals surface area (Å²) >= 11 is 9.44. The lowest BCUT2D eigenvalue weighted by Crippen LogP contribution is -1.97. The summed E-state index contributed by atoms with van der Waals surface area (Å²) in [5.41, 5.74) is 1.85. The van der Waals surface area contributed by atoms with Crippen molar-refractivity contribution in [3.63, 3.8) is 0 Å². The molecule has 0 amide bonds. The minimum Gasteiger partial charge on any atom is -0.438 e. The van der Waals surface area contributed by atoms with Gasteiger partial charge in [0.15, 0.2) is 0 Å². The molecule has 0 aliphatic rings. The van der Waals surface area contributed by atoms with Crippen LogP contribution in [0.15, 0.2) is 29.0 Å². The number of rotatable bonds is 3. The van der Waals surface area contributed by atoms with Gasteiger partial charge in [-0.2, -0.15) is 0 Å². The van der Waals surface area contributed by atoms with E-state index < -0.39 is 0 Å². The molecule has 1 aromatic carbocycles. The Labute approximate surface area is 119 Å². The van der Waals surface area contributed by atoms with E-state index in [0.29, 0.717) is 11.0 Å². The Morgan fingerprint density at radius 1 is 1.33 bits per heavy atom. The maximum absolute atomic E-state index is 6.02. The topological polar surface area (TPSA) is 35.0 Å². The first-order chi connectivity index (χ1) is 8.61. The van der Waals surface area contributed by atoms with Gasteiger partial charge in [-0.3, -0.25) is 0 Å². The van der Waals surface area contributed by atoms with Crippen LogP contribution in [0, 0.1) is 6.92 Å². The van der Waals surface area contributed by atoms with Crippen molar-refractivity contribution >= 4 is 27.5 Å². The van der Waals surface area contributed by atoms with Crippen LogP contribution in [-0.4, -0.2) is 9.97 Å². The van der Waals surface area contributed by atoms with Crippen molar-refractivity contribution < 1.29 is 4.74 Å². The van der Waals surface area contributed by atoms with Gasteiger partial charge in [-0.25, -0.2) is 9.97 Å². The Bertz CT molecular complexity index is 575. The highest BCUT2D eigenvalue weighted by Gasteiger charge is 2.11. The maximum Gasteiger partial charge on any atom is 0.227 e. The van der Waals surface area contributed by atoms with Crippen LogP contribution in [-0.2, 0) is 6.42 Å². The average Bonchev–Trinajstić information content (AvgIpc) is 2.33. The minimum atomic E-state index is 0.442. The summed E-state index contributed by atoms with van der Waals surface area (Å²) in [5.74, 6) is 1.28. The lowest BCUT2D eigenvalue weighted by Gasteiger charge is -2.11. The van der Waals surface area contributed by atoms with Gasteiger partial charge in [0.25, 0.3) is 0 Å². The second kappa shape index (κ2) is 5.67. The van der Waals surface area contributed by atoms with E-state index in [1.54, 1.807) is 0 Å². The molecule has 2 rings (SSSR count). The zero-order valence-electron chi connectivity index (χ0n) is 10.1. The molecule has 0 saturated carbocycles. The summed E-state index contributed by atoms with van der Waals surface area (Å²) in [7, 11) is 0. The largest absolute Gasteiger partial charge is 0.438 e. The highest BCUT2D eigenvalue weighted by molar-refractivity contribution is 9.10. The number of aryl methyl sites for hydroxylation is 1. The van der Waals surface area contributed by atoms with Gasteiger partial charge in [0.1, 0.15) is 17.2 Å². The summed E-state index contributed by atoms with van der Waals surface area (Å²) in [5, 5.41) is 0.442. The molecule has 5 heteroatoms. The van der Waals surface area contributed by atoms with Crippen molar-refractivity contribution in [2.24, 2.45) is 0 Å². The second-order valence-electron chi connectivity index (χ2n) is 3.81. The molecule has 18 heavy (non-hydrogen) atoms. The van der Waals surface area contributed by atoms with Crippen LogP contribution in [0.3, 0.4) is 0 Å². The van der Waals surface area contributed by atoms with E-state index in [-0.39, 0.29) is 0 Å². The van der Waals surface area contributed by atoms with Crippen LogP contribution < -0.4 is 4.74 Å². The molecule has 0 saturated heterocycles. The number of hydrogen-bond donors (Lipinski definition) is 0. The van der Waals surface area contributed by atoms with E-state index >= 15 is 0 Å². The molecular weight excluding hydrogens is 316 g/mol. The first-order valence-corrected chi connectivity index (χ1v) is 6.72. The first-order valence-electron chi connectivity index (χ1n) is 5.55. The van der Waals surface area contributed by atoms with Crippen molar-refractivity contribution in [3.8, 4) is 11.6 Å². The molecule has 1 aromatic heterocycles. The van der Waals surface area contributed by atoms with Gasteiger partial charge < -0.3 is 4.74 Å². The molecule has 94 valence electrons. The van der Waals surface area contributed by atoms with Crippen molar-refractivity contribution in [2.45, 2.75) is 20.3 Å². The van der Waals surface area contributed by atoms with Gasteiger partial charge in [-0.1, -0.05) is 34.5 Å². The molecule has 0 aliphatic heterocycles. The molecule has 0 fully saturated rings. The molecular formula is C13H12BrClN2O. The summed E-state index contributed by atoms with van der Waals surface area (Å²) in [4.78, 5) is 8.10. The number of benzene rings is 1. The summed E-state index contributed by atoms with van der Waals surface area (Å²) < 4.78 is 6.83. The highest BCUT2D eigenvalue weighted by Crippen LogP contribution is 2.30. The highest BCUT2D eigenvalue weighted by atomic mass is 79.9. The van der Waals surface area contributed by atoms with E-state index in [4.69, 9.17) is 16.3 Å². The Balaban J connectivity index is 2.37. The summed E-state index contributed by atoms with van der Waals surface area (Å²) in [6.45, 7) is 3.97. The molecule has 0 N–H and O–H groups in total. The van der Waals surface area contributed by atoms with Crippen LogP contribution in [0.25, 0.3) is 0 Å². The normalized spacial score (nSPS) is 10.4. The Morgan fingerprint density at radius 3 is 2.78 bits per heavy atom. The molecule has 0 atom stereocenters. The van der Waals surface area contributed by atoms with E-state index in [9.17, 15) is 0 Å². The predicted octanol–water partition coefficient (Wildman–Crippen LogP) is 4.56.